The Morgan fingerprint density at radius 1 is 0.727 bits per heavy atom. The zero-order valence-electron chi connectivity index (χ0n) is 20.5. The third-order valence-electron chi connectivity index (χ3n) is 8.68. The molecule has 4 rings (SSSR count). The quantitative estimate of drug-likeness (QED) is 0.332. The largest absolute Gasteiger partial charge is 0.251 e. The summed E-state index contributed by atoms with van der Waals surface area (Å²) in [4.78, 5) is 0. The molecule has 0 N–H and O–H groups in total. The Kier molecular flexibility index (Phi) is 8.98. The number of hydrogen-bond acceptors (Lipinski definition) is 0. The molecule has 0 saturated heterocycles. The maximum Gasteiger partial charge on any atom is 0.131 e. The lowest BCUT2D eigenvalue weighted by Crippen LogP contribution is -2.26. The molecule has 0 atom stereocenters. The van der Waals surface area contributed by atoms with Gasteiger partial charge in [0, 0.05) is 5.56 Å². The standard InChI is InChI=1S/C31H42F2/c1-23-5-14-29(15-6-23)30-20-13-26(22-31(30)33)8-7-25-11-18-28(19-12-25)27-16-9-24(10-17-27)4-2-3-21-32/h5-6,13-15,20,22,24-25,27-28H,2-4,7-12,16-19,21H2,1H3/t24-,25-,27-,28-. The molecule has 0 nitrogen and oxygen atoms in total. The minimum atomic E-state index is -0.147. The van der Waals surface area contributed by atoms with Gasteiger partial charge in [0.1, 0.15) is 5.82 Å². The van der Waals surface area contributed by atoms with E-state index in [1.807, 2.05) is 30.3 Å². The first-order valence-corrected chi connectivity index (χ1v) is 13.5. The SMILES string of the molecule is Cc1ccc(-c2ccc(CC[C@H]3CC[C@H]([C@H]4CC[C@H](CCCCF)CC4)CC3)cc2F)cc1. The van der Waals surface area contributed by atoms with E-state index in [0.717, 1.165) is 54.1 Å². The molecular formula is C31H42F2. The van der Waals surface area contributed by atoms with Crippen molar-refractivity contribution in [3.05, 3.63) is 59.4 Å². The highest BCUT2D eigenvalue weighted by molar-refractivity contribution is 5.64. The molecule has 180 valence electrons. The highest BCUT2D eigenvalue weighted by atomic mass is 19.1. The molecule has 2 aliphatic rings. The van der Waals surface area contributed by atoms with Crippen LogP contribution in [-0.4, -0.2) is 6.67 Å². The first-order valence-electron chi connectivity index (χ1n) is 13.5. The van der Waals surface area contributed by atoms with Crippen LogP contribution in [0.5, 0.6) is 0 Å². The number of benzene rings is 2. The Morgan fingerprint density at radius 2 is 1.33 bits per heavy atom. The van der Waals surface area contributed by atoms with Crippen molar-refractivity contribution in [1.29, 1.82) is 0 Å². The highest BCUT2D eigenvalue weighted by Gasteiger charge is 2.30. The van der Waals surface area contributed by atoms with Crippen molar-refractivity contribution in [3.8, 4) is 11.1 Å². The Balaban J connectivity index is 1.19. The van der Waals surface area contributed by atoms with E-state index < -0.39 is 0 Å². The predicted octanol–water partition coefficient (Wildman–Crippen LogP) is 9.49. The van der Waals surface area contributed by atoms with E-state index in [1.165, 1.54) is 69.8 Å². The molecule has 0 bridgehead atoms. The number of unbranched alkanes of at least 4 members (excludes halogenated alkanes) is 1. The maximum atomic E-state index is 14.8. The van der Waals surface area contributed by atoms with Crippen molar-refractivity contribution in [1.82, 2.24) is 0 Å². The number of alkyl halides is 1. The zero-order valence-corrected chi connectivity index (χ0v) is 20.5. The summed E-state index contributed by atoms with van der Waals surface area (Å²) in [5.74, 6) is 3.44. The van der Waals surface area contributed by atoms with E-state index in [-0.39, 0.29) is 12.5 Å². The second-order valence-electron chi connectivity index (χ2n) is 11.0. The van der Waals surface area contributed by atoms with Gasteiger partial charge in [-0.15, -0.1) is 0 Å². The summed E-state index contributed by atoms with van der Waals surface area (Å²) in [6.07, 6.45) is 16.3. The number of rotatable bonds is 9. The number of halogens is 2. The van der Waals surface area contributed by atoms with E-state index in [4.69, 9.17) is 0 Å². The van der Waals surface area contributed by atoms with Crippen LogP contribution in [0.2, 0.25) is 0 Å². The summed E-state index contributed by atoms with van der Waals surface area (Å²) >= 11 is 0. The summed E-state index contributed by atoms with van der Waals surface area (Å²) in [7, 11) is 0. The summed E-state index contributed by atoms with van der Waals surface area (Å²) < 4.78 is 27.1. The van der Waals surface area contributed by atoms with Crippen molar-refractivity contribution in [3.63, 3.8) is 0 Å². The molecule has 2 heteroatoms. The van der Waals surface area contributed by atoms with E-state index in [0.29, 0.717) is 5.56 Å². The molecule has 0 spiro atoms. The van der Waals surface area contributed by atoms with Gasteiger partial charge in [0.15, 0.2) is 0 Å². The molecular weight excluding hydrogens is 410 g/mol. The molecule has 0 radical (unpaired) electrons. The van der Waals surface area contributed by atoms with Gasteiger partial charge in [-0.25, -0.2) is 4.39 Å². The van der Waals surface area contributed by atoms with Crippen LogP contribution in [0.15, 0.2) is 42.5 Å². The highest BCUT2D eigenvalue weighted by Crippen LogP contribution is 2.43. The molecule has 2 fully saturated rings. The van der Waals surface area contributed by atoms with Crippen LogP contribution in [0, 0.1) is 36.4 Å². The van der Waals surface area contributed by atoms with Crippen molar-refractivity contribution in [2.45, 2.75) is 90.4 Å². The maximum absolute atomic E-state index is 14.8. The Morgan fingerprint density at radius 3 is 1.91 bits per heavy atom. The minimum absolute atomic E-state index is 0.0969. The van der Waals surface area contributed by atoms with Gasteiger partial charge in [-0.3, -0.25) is 4.39 Å². The van der Waals surface area contributed by atoms with Crippen LogP contribution in [0.1, 0.15) is 88.2 Å². The average Bonchev–Trinajstić information content (AvgIpc) is 2.84. The van der Waals surface area contributed by atoms with E-state index in [2.05, 4.69) is 13.0 Å². The molecule has 0 amide bonds. The van der Waals surface area contributed by atoms with Crippen LogP contribution in [0.4, 0.5) is 8.78 Å². The molecule has 0 heterocycles. The van der Waals surface area contributed by atoms with Crippen molar-refractivity contribution < 1.29 is 8.78 Å². The lowest BCUT2D eigenvalue weighted by Gasteiger charge is -2.38. The third kappa shape index (κ3) is 6.90. The molecule has 0 aliphatic heterocycles. The zero-order chi connectivity index (χ0) is 23.0. The first-order chi connectivity index (χ1) is 16.1. The fourth-order valence-electron chi connectivity index (χ4n) is 6.48. The van der Waals surface area contributed by atoms with E-state index in [1.54, 1.807) is 6.07 Å². The molecule has 0 aromatic heterocycles. The van der Waals surface area contributed by atoms with Gasteiger partial charge in [0.05, 0.1) is 6.67 Å². The molecule has 0 unspecified atom stereocenters. The summed E-state index contributed by atoms with van der Waals surface area (Å²) in [5, 5.41) is 0. The topological polar surface area (TPSA) is 0 Å². The lowest BCUT2D eigenvalue weighted by atomic mass is 9.68. The van der Waals surface area contributed by atoms with Crippen LogP contribution >= 0.6 is 0 Å². The fraction of sp³-hybridized carbons (Fsp3) is 0.613. The van der Waals surface area contributed by atoms with E-state index >= 15 is 0 Å². The Hall–Kier alpha value is -1.70. The summed E-state index contributed by atoms with van der Waals surface area (Å²) in [5.41, 5.74) is 3.99. The molecule has 2 aliphatic carbocycles. The molecule has 2 saturated carbocycles. The smallest absolute Gasteiger partial charge is 0.131 e. The monoisotopic (exact) mass is 452 g/mol. The lowest BCUT2D eigenvalue weighted by molar-refractivity contribution is 0.140. The van der Waals surface area contributed by atoms with Crippen LogP contribution in [0.3, 0.4) is 0 Å². The summed E-state index contributed by atoms with van der Waals surface area (Å²) in [6.45, 7) is 1.91. The summed E-state index contributed by atoms with van der Waals surface area (Å²) in [6, 6.07) is 13.9. The van der Waals surface area contributed by atoms with Crippen molar-refractivity contribution in [2.24, 2.45) is 23.7 Å². The molecule has 33 heavy (non-hydrogen) atoms. The third-order valence-corrected chi connectivity index (χ3v) is 8.68. The van der Waals surface area contributed by atoms with Gasteiger partial charge < -0.3 is 0 Å². The second kappa shape index (κ2) is 12.1. The molecule has 2 aromatic rings. The van der Waals surface area contributed by atoms with Gasteiger partial charge >= 0.3 is 0 Å². The number of hydrogen-bond donors (Lipinski definition) is 0. The first kappa shape index (κ1) is 24.4. The minimum Gasteiger partial charge on any atom is -0.251 e. The average molecular weight is 453 g/mol. The second-order valence-corrected chi connectivity index (χ2v) is 11.0. The Bertz CT molecular complexity index is 840. The van der Waals surface area contributed by atoms with Gasteiger partial charge in [0.2, 0.25) is 0 Å². The van der Waals surface area contributed by atoms with Crippen molar-refractivity contribution >= 4 is 0 Å². The Labute approximate surface area is 200 Å². The number of aryl methyl sites for hydroxylation is 2. The normalized spacial score (nSPS) is 25.8. The van der Waals surface area contributed by atoms with Crippen LogP contribution in [-0.2, 0) is 6.42 Å². The molecule has 2 aromatic carbocycles. The van der Waals surface area contributed by atoms with Crippen molar-refractivity contribution in [2.75, 3.05) is 6.67 Å². The van der Waals surface area contributed by atoms with Gasteiger partial charge in [0.25, 0.3) is 0 Å². The van der Waals surface area contributed by atoms with Gasteiger partial charge in [-0.05, 0) is 92.7 Å². The van der Waals surface area contributed by atoms with Crippen LogP contribution < -0.4 is 0 Å². The van der Waals surface area contributed by atoms with Crippen LogP contribution in [0.25, 0.3) is 11.1 Å². The van der Waals surface area contributed by atoms with E-state index in [9.17, 15) is 8.78 Å². The predicted molar refractivity (Wildman–Crippen MR) is 136 cm³/mol. The van der Waals surface area contributed by atoms with Gasteiger partial charge in [-0.2, -0.15) is 0 Å². The van der Waals surface area contributed by atoms with Gasteiger partial charge in [-0.1, -0.05) is 80.5 Å². The fourth-order valence-corrected chi connectivity index (χ4v) is 6.48.